The molecule has 0 aliphatic heterocycles. The Bertz CT molecular complexity index is 1990. The fraction of sp³-hybridized carbons (Fsp3) is 0.174. The van der Waals surface area contributed by atoms with Gasteiger partial charge in [-0.2, -0.15) is 0 Å². The molecule has 7 rings (SSSR count). The van der Waals surface area contributed by atoms with Gasteiger partial charge in [-0.25, -0.2) is 0 Å². The van der Waals surface area contributed by atoms with E-state index in [2.05, 4.69) is 187 Å². The van der Waals surface area contributed by atoms with Crippen LogP contribution in [-0.4, -0.2) is 0 Å². The Hall–Kier alpha value is -4.94. The molecule has 0 unspecified atom stereocenters. The van der Waals surface area contributed by atoms with Gasteiger partial charge in [-0.15, -0.1) is 0 Å². The SMILES string of the molecule is CC(C)(C)c1ccc(-c2ccc3c(-c4ccccc4)c4cc(-c5ccc(C(C)(C)C)cc5)ccc4c(-c4ccccc4)c3c2)cc1. The molecule has 226 valence electrons. The summed E-state index contributed by atoms with van der Waals surface area (Å²) in [6, 6.07) is 54.2. The van der Waals surface area contributed by atoms with Gasteiger partial charge < -0.3 is 0 Å². The number of hydrogen-bond acceptors (Lipinski definition) is 0. The van der Waals surface area contributed by atoms with Crippen molar-refractivity contribution in [2.75, 3.05) is 0 Å². The lowest BCUT2D eigenvalue weighted by Crippen LogP contribution is -2.10. The van der Waals surface area contributed by atoms with E-state index < -0.39 is 0 Å². The lowest BCUT2D eigenvalue weighted by molar-refractivity contribution is 0.590. The van der Waals surface area contributed by atoms with Gasteiger partial charge >= 0.3 is 0 Å². The maximum atomic E-state index is 2.41. The van der Waals surface area contributed by atoms with Crippen LogP contribution in [0.2, 0.25) is 0 Å². The Labute approximate surface area is 274 Å². The third-order valence-electron chi connectivity index (χ3n) is 9.41. The molecule has 0 heterocycles. The van der Waals surface area contributed by atoms with Gasteiger partial charge in [-0.3, -0.25) is 0 Å². The molecule has 0 nitrogen and oxygen atoms in total. The molecule has 7 aromatic carbocycles. The van der Waals surface area contributed by atoms with E-state index in [0.717, 1.165) is 0 Å². The molecule has 0 aliphatic rings. The highest BCUT2D eigenvalue weighted by Crippen LogP contribution is 2.46. The highest BCUT2D eigenvalue weighted by atomic mass is 14.2. The number of benzene rings is 7. The first kappa shape index (κ1) is 29.8. The van der Waals surface area contributed by atoms with Crippen LogP contribution in [0.4, 0.5) is 0 Å². The molecular formula is C46H42. The zero-order valence-electron chi connectivity index (χ0n) is 27.9. The van der Waals surface area contributed by atoms with E-state index in [-0.39, 0.29) is 10.8 Å². The maximum Gasteiger partial charge on any atom is -0.00261 e. The van der Waals surface area contributed by atoms with E-state index in [0.29, 0.717) is 0 Å². The second kappa shape index (κ2) is 11.5. The topological polar surface area (TPSA) is 0 Å². The molecule has 0 heteroatoms. The number of fused-ring (bicyclic) bond motifs is 2. The van der Waals surface area contributed by atoms with Gasteiger partial charge in [0.25, 0.3) is 0 Å². The summed E-state index contributed by atoms with van der Waals surface area (Å²) in [4.78, 5) is 0. The van der Waals surface area contributed by atoms with Crippen LogP contribution in [0.25, 0.3) is 66.1 Å². The molecule has 7 aromatic rings. The molecule has 0 aromatic heterocycles. The van der Waals surface area contributed by atoms with Crippen LogP contribution in [0.3, 0.4) is 0 Å². The van der Waals surface area contributed by atoms with Gasteiger partial charge in [0, 0.05) is 0 Å². The summed E-state index contributed by atoms with van der Waals surface area (Å²) in [6.07, 6.45) is 0. The summed E-state index contributed by atoms with van der Waals surface area (Å²) < 4.78 is 0. The van der Waals surface area contributed by atoms with Crippen molar-refractivity contribution in [3.8, 4) is 44.5 Å². The van der Waals surface area contributed by atoms with E-state index >= 15 is 0 Å². The third kappa shape index (κ3) is 5.54. The van der Waals surface area contributed by atoms with Gasteiger partial charge in [-0.05, 0) is 100 Å². The van der Waals surface area contributed by atoms with Crippen LogP contribution in [0.1, 0.15) is 52.7 Å². The lowest BCUT2D eigenvalue weighted by Gasteiger charge is -2.21. The molecule has 0 fully saturated rings. The Balaban J connectivity index is 1.52. The monoisotopic (exact) mass is 594 g/mol. The fourth-order valence-electron chi connectivity index (χ4n) is 6.74. The number of hydrogen-bond donors (Lipinski definition) is 0. The standard InChI is InChI=1S/C46H42/c1-45(2,3)37-23-17-31(18-24-37)35-21-27-39-41(29-35)43(33-13-9-7-10-14-33)40-28-22-36(32-19-25-38(26-20-32)46(4,5)6)30-42(40)44(39)34-15-11-8-12-16-34/h7-30H,1-6H3. The van der Waals surface area contributed by atoms with Gasteiger partial charge in [0.15, 0.2) is 0 Å². The highest BCUT2D eigenvalue weighted by molar-refractivity contribution is 6.22. The van der Waals surface area contributed by atoms with Gasteiger partial charge in [0.1, 0.15) is 0 Å². The van der Waals surface area contributed by atoms with Crippen LogP contribution < -0.4 is 0 Å². The molecule has 0 N–H and O–H groups in total. The average Bonchev–Trinajstić information content (AvgIpc) is 3.07. The molecule has 0 amide bonds. The largest absolute Gasteiger partial charge is 0.0622 e. The highest BCUT2D eigenvalue weighted by Gasteiger charge is 2.19. The molecule has 0 radical (unpaired) electrons. The van der Waals surface area contributed by atoms with Gasteiger partial charge in [-0.1, -0.05) is 175 Å². The Morgan fingerprint density at radius 3 is 0.935 bits per heavy atom. The first-order chi connectivity index (χ1) is 22.1. The van der Waals surface area contributed by atoms with Crippen LogP contribution in [0, 0.1) is 0 Å². The predicted molar refractivity (Wildman–Crippen MR) is 201 cm³/mol. The van der Waals surface area contributed by atoms with Crippen molar-refractivity contribution in [1.82, 2.24) is 0 Å². The van der Waals surface area contributed by atoms with E-state index in [4.69, 9.17) is 0 Å². The molecule has 0 aliphatic carbocycles. The Morgan fingerprint density at radius 2 is 0.609 bits per heavy atom. The summed E-state index contributed by atoms with van der Waals surface area (Å²) in [5.41, 5.74) is 12.9. The normalized spacial score (nSPS) is 12.1. The summed E-state index contributed by atoms with van der Waals surface area (Å²) in [6.45, 7) is 13.6. The smallest absolute Gasteiger partial charge is 0.00261 e. The van der Waals surface area contributed by atoms with Crippen LogP contribution >= 0.6 is 0 Å². The summed E-state index contributed by atoms with van der Waals surface area (Å²) in [5, 5.41) is 5.09. The van der Waals surface area contributed by atoms with Gasteiger partial charge in [0.05, 0.1) is 0 Å². The zero-order valence-corrected chi connectivity index (χ0v) is 27.9. The van der Waals surface area contributed by atoms with E-state index in [1.54, 1.807) is 0 Å². The first-order valence-corrected chi connectivity index (χ1v) is 16.4. The molecule has 0 saturated carbocycles. The van der Waals surface area contributed by atoms with Crippen LogP contribution in [0.5, 0.6) is 0 Å². The summed E-state index contributed by atoms with van der Waals surface area (Å²) in [5.74, 6) is 0. The molecular weight excluding hydrogens is 553 g/mol. The van der Waals surface area contributed by atoms with Crippen molar-refractivity contribution in [2.45, 2.75) is 52.4 Å². The van der Waals surface area contributed by atoms with Crippen molar-refractivity contribution in [3.05, 3.63) is 157 Å². The molecule has 0 atom stereocenters. The van der Waals surface area contributed by atoms with Crippen molar-refractivity contribution < 1.29 is 0 Å². The quantitative estimate of drug-likeness (QED) is 0.178. The van der Waals surface area contributed by atoms with E-state index in [1.807, 2.05) is 0 Å². The van der Waals surface area contributed by atoms with Gasteiger partial charge in [0.2, 0.25) is 0 Å². The summed E-state index contributed by atoms with van der Waals surface area (Å²) in [7, 11) is 0. The Kier molecular flexibility index (Phi) is 7.41. The lowest BCUT2D eigenvalue weighted by atomic mass is 9.83. The molecule has 0 saturated heterocycles. The van der Waals surface area contributed by atoms with E-state index in [9.17, 15) is 0 Å². The molecule has 0 bridgehead atoms. The Morgan fingerprint density at radius 1 is 0.283 bits per heavy atom. The van der Waals surface area contributed by atoms with Crippen molar-refractivity contribution >= 4 is 21.5 Å². The fourth-order valence-corrected chi connectivity index (χ4v) is 6.74. The second-order valence-electron chi connectivity index (χ2n) is 14.7. The van der Waals surface area contributed by atoms with E-state index in [1.165, 1.54) is 77.2 Å². The molecule has 0 spiro atoms. The summed E-state index contributed by atoms with van der Waals surface area (Å²) >= 11 is 0. The van der Waals surface area contributed by atoms with Crippen LogP contribution in [0.15, 0.2) is 146 Å². The minimum Gasteiger partial charge on any atom is -0.0622 e. The third-order valence-corrected chi connectivity index (χ3v) is 9.41. The minimum absolute atomic E-state index is 0.124. The molecule has 46 heavy (non-hydrogen) atoms. The van der Waals surface area contributed by atoms with Crippen molar-refractivity contribution in [1.29, 1.82) is 0 Å². The predicted octanol–water partition coefficient (Wildman–Crippen LogP) is 13.3. The average molecular weight is 595 g/mol. The minimum atomic E-state index is 0.124. The second-order valence-corrected chi connectivity index (χ2v) is 14.7. The van der Waals surface area contributed by atoms with Crippen molar-refractivity contribution in [3.63, 3.8) is 0 Å². The number of rotatable bonds is 4. The van der Waals surface area contributed by atoms with Crippen molar-refractivity contribution in [2.24, 2.45) is 0 Å². The van der Waals surface area contributed by atoms with Crippen LogP contribution in [-0.2, 0) is 10.8 Å². The maximum absolute atomic E-state index is 2.41. The zero-order chi connectivity index (χ0) is 32.1. The first-order valence-electron chi connectivity index (χ1n) is 16.4.